The number of likely N-dealkylation sites (N-methyl/N-ethyl adjacent to an activating group) is 1. The number of phenols is 2. The van der Waals surface area contributed by atoms with Crippen LogP contribution in [0.5, 0.6) is 11.5 Å². The Morgan fingerprint density at radius 2 is 0.814 bits per heavy atom. The summed E-state index contributed by atoms with van der Waals surface area (Å²) in [5, 5.41) is 25.2. The van der Waals surface area contributed by atoms with Crippen molar-refractivity contribution in [3.63, 3.8) is 0 Å². The van der Waals surface area contributed by atoms with Gasteiger partial charge in [0, 0.05) is 48.4 Å². The Hall–Kier alpha value is -3.87. The summed E-state index contributed by atoms with van der Waals surface area (Å²) in [7, 11) is 14.0. The van der Waals surface area contributed by atoms with Crippen molar-refractivity contribution in [1.82, 2.24) is 9.80 Å². The van der Waals surface area contributed by atoms with E-state index in [-0.39, 0.29) is 11.8 Å². The van der Waals surface area contributed by atoms with E-state index < -0.39 is 27.9 Å². The van der Waals surface area contributed by atoms with Crippen LogP contribution in [0.3, 0.4) is 0 Å². The first-order valence-corrected chi connectivity index (χ1v) is 25.0. The molecule has 0 bridgehead atoms. The van der Waals surface area contributed by atoms with Crippen molar-refractivity contribution in [3.05, 3.63) is 177 Å². The van der Waals surface area contributed by atoms with Crippen LogP contribution in [-0.4, -0.2) is 47.2 Å². The molecular weight excluding hydrogens is 803 g/mol. The van der Waals surface area contributed by atoms with Crippen LogP contribution >= 0.6 is 18.6 Å². The van der Waals surface area contributed by atoms with E-state index in [1.807, 2.05) is 0 Å². The molecule has 0 atom stereocenters. The van der Waals surface area contributed by atoms with E-state index in [2.05, 4.69) is 187 Å². The van der Waals surface area contributed by atoms with Gasteiger partial charge in [0.05, 0.1) is 10.8 Å². The summed E-state index contributed by atoms with van der Waals surface area (Å²) in [4.78, 5) is 4.60. The molecule has 0 aliphatic heterocycles. The normalized spacial score (nSPS) is 14.2. The van der Waals surface area contributed by atoms with E-state index in [0.29, 0.717) is 24.6 Å². The molecule has 0 unspecified atom stereocenters. The standard InChI is InChI=1S/C52H56N2O2.2ClH.Ti/c1-33(2)51(43-21-13-9-17-39(43)40-18-10-14-22-44(40)51)47-29-35(5)27-37(49(47)55)31-54(26-25-53(7)8)32-38-28-36(6)30-48(50(38)56)52(34(3)4)45-23-15-11-19-41(45)42-20-12-16-24-46(42)52;;;/h9-24,27-30,33-34,55-56H,25-26,31-32H2,1-8H3;2*1H;/q;;;+2/p-2. The number of aromatic hydroxyl groups is 2. The number of nitrogens with zero attached hydrogens (tertiary/aromatic N) is 2. The van der Waals surface area contributed by atoms with Crippen LogP contribution in [0.1, 0.15) is 83.3 Å². The van der Waals surface area contributed by atoms with Crippen LogP contribution in [0.15, 0.2) is 121 Å². The number of hydrogen-bond donors (Lipinski definition) is 2. The molecule has 7 heteroatoms. The van der Waals surface area contributed by atoms with Gasteiger partial charge in [-0.15, -0.1) is 0 Å². The van der Waals surface area contributed by atoms with Gasteiger partial charge in [0.1, 0.15) is 11.5 Å². The minimum absolute atomic E-state index is 0.180. The second-order valence-corrected chi connectivity index (χ2v) is 19.9. The fourth-order valence-electron chi connectivity index (χ4n) is 10.6. The molecule has 0 saturated heterocycles. The Morgan fingerprint density at radius 1 is 0.508 bits per heavy atom. The van der Waals surface area contributed by atoms with Crippen molar-refractivity contribution in [2.75, 3.05) is 27.2 Å². The molecule has 4 nitrogen and oxygen atoms in total. The van der Waals surface area contributed by atoms with E-state index in [9.17, 15) is 10.2 Å². The second-order valence-electron chi connectivity index (χ2n) is 17.3. The van der Waals surface area contributed by atoms with Crippen LogP contribution in [-0.2, 0) is 41.0 Å². The van der Waals surface area contributed by atoms with Gasteiger partial charge in [-0.25, -0.2) is 0 Å². The topological polar surface area (TPSA) is 46.9 Å². The fourth-order valence-corrected chi connectivity index (χ4v) is 10.6. The molecule has 0 heterocycles. The Labute approximate surface area is 368 Å². The van der Waals surface area contributed by atoms with E-state index >= 15 is 0 Å². The molecule has 0 spiro atoms. The molecule has 8 rings (SSSR count). The number of hydrogen-bond acceptors (Lipinski definition) is 4. The Balaban J connectivity index is 0.00000171. The van der Waals surface area contributed by atoms with Gasteiger partial charge in [0.2, 0.25) is 0 Å². The SMILES string of the molecule is Cc1cc(CN(CCN(C)C)Cc2cc(C)cc(C3(C(C)C)c4ccccc4-c4ccccc43)c2O)c(O)c(C2(C(C)C)c3ccccc3-c3ccccc32)c1.[Cl][Ti][Cl]. The third kappa shape index (κ3) is 7.39. The third-order valence-corrected chi connectivity index (χ3v) is 12.9. The molecule has 59 heavy (non-hydrogen) atoms. The molecule has 0 saturated carbocycles. The first-order chi connectivity index (χ1) is 28.3. The van der Waals surface area contributed by atoms with Gasteiger partial charge >= 0.3 is 35.6 Å². The number of phenolic OH excluding ortho intramolecular Hbond substituents is 2. The Kier molecular flexibility index (Phi) is 12.9. The number of halogens is 2. The van der Waals surface area contributed by atoms with Crippen LogP contribution in [0.2, 0.25) is 0 Å². The number of benzene rings is 6. The van der Waals surface area contributed by atoms with Crippen molar-refractivity contribution in [3.8, 4) is 33.8 Å². The molecule has 6 aromatic carbocycles. The summed E-state index contributed by atoms with van der Waals surface area (Å²) < 4.78 is 0. The van der Waals surface area contributed by atoms with E-state index in [4.69, 9.17) is 18.6 Å². The van der Waals surface area contributed by atoms with Crippen molar-refractivity contribution in [1.29, 1.82) is 0 Å². The predicted octanol–water partition coefficient (Wildman–Crippen LogP) is 12.6. The maximum atomic E-state index is 12.6. The van der Waals surface area contributed by atoms with Crippen molar-refractivity contribution >= 4 is 18.6 Å². The second kappa shape index (κ2) is 17.6. The maximum absolute atomic E-state index is 12.6. The molecule has 0 radical (unpaired) electrons. The zero-order valence-electron chi connectivity index (χ0n) is 35.6. The summed E-state index contributed by atoms with van der Waals surface area (Å²) in [6.07, 6.45) is 0. The van der Waals surface area contributed by atoms with E-state index in [1.54, 1.807) is 0 Å². The predicted molar refractivity (Wildman–Crippen MR) is 243 cm³/mol. The molecule has 304 valence electrons. The molecule has 2 aliphatic carbocycles. The average molecular weight is 860 g/mol. The molecule has 2 N–H and O–H groups in total. The van der Waals surface area contributed by atoms with Crippen molar-refractivity contribution in [2.45, 2.75) is 65.5 Å². The van der Waals surface area contributed by atoms with Crippen LogP contribution in [0.4, 0.5) is 0 Å². The van der Waals surface area contributed by atoms with Crippen LogP contribution < -0.4 is 0 Å². The quantitative estimate of drug-likeness (QED) is 0.127. The molecule has 0 aromatic heterocycles. The van der Waals surface area contributed by atoms with Crippen LogP contribution in [0, 0.1) is 25.7 Å². The van der Waals surface area contributed by atoms with Gasteiger partial charge in [-0.05, 0) is 84.3 Å². The molecule has 2 aliphatic rings. The summed E-state index contributed by atoms with van der Waals surface area (Å²) in [6.45, 7) is 16.1. The van der Waals surface area contributed by atoms with E-state index in [0.717, 1.165) is 46.5 Å². The van der Waals surface area contributed by atoms with Crippen molar-refractivity contribution in [2.24, 2.45) is 11.8 Å². The van der Waals surface area contributed by atoms with Gasteiger partial charge in [0.15, 0.2) is 0 Å². The van der Waals surface area contributed by atoms with Gasteiger partial charge < -0.3 is 15.1 Å². The zero-order chi connectivity index (χ0) is 42.2. The minimum atomic E-state index is -0.556. The first-order valence-electron chi connectivity index (χ1n) is 20.7. The Morgan fingerprint density at radius 3 is 1.10 bits per heavy atom. The summed E-state index contributed by atoms with van der Waals surface area (Å²) >= 11 is -0.556. The number of rotatable bonds is 11. The number of aryl methyl sites for hydroxylation is 2. The molecule has 0 fully saturated rings. The van der Waals surface area contributed by atoms with Crippen LogP contribution in [0.25, 0.3) is 22.3 Å². The van der Waals surface area contributed by atoms with E-state index in [1.165, 1.54) is 44.5 Å². The first kappa shape index (κ1) is 43.2. The van der Waals surface area contributed by atoms with Gasteiger partial charge in [-0.2, -0.15) is 0 Å². The molecular formula is C52H56Cl2N2O2Ti. The zero-order valence-corrected chi connectivity index (χ0v) is 38.6. The van der Waals surface area contributed by atoms with Gasteiger partial charge in [0.25, 0.3) is 0 Å². The van der Waals surface area contributed by atoms with Gasteiger partial charge in [-0.1, -0.05) is 160 Å². The Bertz CT molecular complexity index is 2220. The monoisotopic (exact) mass is 858 g/mol. The number of fused-ring (bicyclic) bond motifs is 6. The van der Waals surface area contributed by atoms with Gasteiger partial charge in [-0.3, -0.25) is 4.90 Å². The molecule has 0 amide bonds. The average Bonchev–Trinajstić information content (AvgIpc) is 3.69. The summed E-state index contributed by atoms with van der Waals surface area (Å²) in [6, 6.07) is 43.7. The molecule has 6 aromatic rings. The summed E-state index contributed by atoms with van der Waals surface area (Å²) in [5.74, 6) is 1.08. The van der Waals surface area contributed by atoms with Crippen molar-refractivity contribution < 1.29 is 27.2 Å². The summed E-state index contributed by atoms with van der Waals surface area (Å²) in [5.41, 5.74) is 14.9. The fraction of sp³-hybridized carbons (Fsp3) is 0.308. The third-order valence-electron chi connectivity index (χ3n) is 12.9.